The molecular formula is C53H69N5O11. The first kappa shape index (κ1) is 51.2. The van der Waals surface area contributed by atoms with Gasteiger partial charge in [0, 0.05) is 93.2 Å². The fraction of sp³-hybridized carbons (Fsp3) is 0.528. The molecule has 5 aliphatic heterocycles. The van der Waals surface area contributed by atoms with E-state index in [0.29, 0.717) is 31.0 Å². The van der Waals surface area contributed by atoms with Gasteiger partial charge in [-0.25, -0.2) is 4.99 Å². The molecule has 0 aromatic heterocycles. The summed E-state index contributed by atoms with van der Waals surface area (Å²) in [6.45, 7) is 18.6. The number of nitrogens with one attached hydrogen (secondary N) is 2. The van der Waals surface area contributed by atoms with Gasteiger partial charge in [0.1, 0.15) is 34.0 Å². The van der Waals surface area contributed by atoms with E-state index in [1.165, 1.54) is 20.3 Å². The van der Waals surface area contributed by atoms with Crippen LogP contribution < -0.4 is 26.1 Å². The molecule has 1 fully saturated rings. The molecule has 16 nitrogen and oxygen atoms in total. The summed E-state index contributed by atoms with van der Waals surface area (Å²) < 4.78 is 24.6. The fourth-order valence-electron chi connectivity index (χ4n) is 10.1. The van der Waals surface area contributed by atoms with Gasteiger partial charge in [-0.1, -0.05) is 90.1 Å². The monoisotopic (exact) mass is 951 g/mol. The number of hydrogen-bond acceptors (Lipinski definition) is 15. The van der Waals surface area contributed by atoms with Crippen molar-refractivity contribution < 1.29 is 53.8 Å². The van der Waals surface area contributed by atoms with Gasteiger partial charge in [0.25, 0.3) is 11.7 Å². The van der Waals surface area contributed by atoms with E-state index in [1.807, 2.05) is 37.3 Å². The molecule has 5 bridgehead atoms. The van der Waals surface area contributed by atoms with Gasteiger partial charge in [-0.15, -0.1) is 0 Å². The molecule has 1 saturated heterocycles. The van der Waals surface area contributed by atoms with Crippen LogP contribution in [0.5, 0.6) is 17.2 Å². The number of hydrogen-bond donors (Lipinski definition) is 6. The van der Waals surface area contributed by atoms with Gasteiger partial charge in [-0.2, -0.15) is 0 Å². The van der Waals surface area contributed by atoms with Crippen molar-refractivity contribution in [1.82, 2.24) is 10.2 Å². The van der Waals surface area contributed by atoms with Crippen LogP contribution >= 0.6 is 0 Å². The average molecular weight is 952 g/mol. The van der Waals surface area contributed by atoms with E-state index in [0.717, 1.165) is 25.2 Å². The number of methoxy groups -OCH3 is 1. The van der Waals surface area contributed by atoms with Crippen LogP contribution in [0.2, 0.25) is 0 Å². The van der Waals surface area contributed by atoms with E-state index in [1.54, 1.807) is 58.9 Å². The summed E-state index contributed by atoms with van der Waals surface area (Å²) in [5.41, 5.74) is 0.835. The van der Waals surface area contributed by atoms with Gasteiger partial charge in [0.05, 0.1) is 47.8 Å². The van der Waals surface area contributed by atoms with Crippen molar-refractivity contribution in [2.45, 2.75) is 118 Å². The first-order valence-electron chi connectivity index (χ1n) is 24.0. The van der Waals surface area contributed by atoms with E-state index < -0.39 is 82.9 Å². The maximum Gasteiger partial charge on any atom is 0.320 e. The lowest BCUT2D eigenvalue weighted by Crippen LogP contribution is -2.47. The first-order chi connectivity index (χ1) is 32.7. The predicted molar refractivity (Wildman–Crippen MR) is 260 cm³/mol. The Labute approximate surface area is 403 Å². The van der Waals surface area contributed by atoms with Crippen LogP contribution in [0.25, 0.3) is 10.8 Å². The maximum atomic E-state index is 14.9. The number of piperidine rings is 1. The van der Waals surface area contributed by atoms with Gasteiger partial charge in [0.15, 0.2) is 5.75 Å². The van der Waals surface area contributed by atoms with E-state index in [9.17, 15) is 34.8 Å². The summed E-state index contributed by atoms with van der Waals surface area (Å²) >= 11 is 0. The number of carbonyl (C=O) groups excluding carboxylic acids is 3. The van der Waals surface area contributed by atoms with Gasteiger partial charge >= 0.3 is 11.8 Å². The number of benzene rings is 3. The number of ether oxygens (including phenoxy) is 4. The second-order valence-corrected chi connectivity index (χ2v) is 19.9. The number of aliphatic hydroxyl groups is 2. The van der Waals surface area contributed by atoms with Crippen molar-refractivity contribution >= 4 is 34.1 Å². The number of nitrogens with zero attached hydrogens (tertiary/aromatic N) is 3. The summed E-state index contributed by atoms with van der Waals surface area (Å²) in [5.74, 6) is -6.80. The van der Waals surface area contributed by atoms with E-state index in [2.05, 4.69) is 34.4 Å². The van der Waals surface area contributed by atoms with Crippen LogP contribution in [0.15, 0.2) is 76.5 Å². The molecule has 3 aromatic rings. The van der Waals surface area contributed by atoms with Gasteiger partial charge in [0.2, 0.25) is 0 Å². The molecule has 3 aromatic carbocycles. The summed E-state index contributed by atoms with van der Waals surface area (Å²) in [6, 6.07) is 9.60. The highest BCUT2D eigenvalue weighted by atomic mass is 16.7. The molecule has 69 heavy (non-hydrogen) atoms. The average Bonchev–Trinajstić information content (AvgIpc) is 3.82. The van der Waals surface area contributed by atoms with Crippen molar-refractivity contribution in [2.75, 3.05) is 38.6 Å². The van der Waals surface area contributed by atoms with Crippen LogP contribution in [0.1, 0.15) is 89.7 Å². The van der Waals surface area contributed by atoms with Crippen LogP contribution in [0.4, 0.5) is 5.69 Å². The Morgan fingerprint density at radius 3 is 2.32 bits per heavy atom. The highest BCUT2D eigenvalue weighted by Crippen LogP contribution is 2.51. The number of rotatable bonds is 8. The number of likely N-dealkylation sites (tertiary alicyclic amines) is 1. The molecule has 372 valence electrons. The van der Waals surface area contributed by atoms with Gasteiger partial charge < -0.3 is 54.9 Å². The molecule has 9 atom stereocenters. The summed E-state index contributed by atoms with van der Waals surface area (Å²) in [5, 5.41) is 54.4. The largest absolute Gasteiger partial charge is 0.507 e. The standard InChI is InChI=1S/C53H69N5O11/c1-28(2)27-58-22-20-53(21-23-58)56-41-38-39-46(62)34(8)49-40(38)50(64)52(9,69-49)67-24-19-36(66-10)31(5)48(68-37(59)26-54-25-35-17-12-11-13-18-35)33(7)45(61)32(6)44(60)29(3)15-14-16-30(4)51(65)55-43(47(39)63)42(41)57-53/h11-19,24,28-29,31-33,36,44-45,48,54,56,60-63H,20-23,25-27H2,1-10H3/b15-14+,24-19+,30-16-,55-43?/t29-,31+,32+,33+,36-,44-,45+,48?,52-/m0/s1. The Bertz CT molecular complexity index is 2660. The highest BCUT2D eigenvalue weighted by molar-refractivity contribution is 6.21. The second-order valence-electron chi connectivity index (χ2n) is 19.9. The van der Waals surface area contributed by atoms with E-state index in [-0.39, 0.29) is 56.2 Å². The summed E-state index contributed by atoms with van der Waals surface area (Å²) in [4.78, 5) is 54.4. The molecule has 5 heterocycles. The van der Waals surface area contributed by atoms with Crippen LogP contribution in [0.3, 0.4) is 0 Å². The number of anilines is 1. The van der Waals surface area contributed by atoms with Gasteiger partial charge in [-0.3, -0.25) is 19.4 Å². The Morgan fingerprint density at radius 1 is 0.957 bits per heavy atom. The minimum absolute atomic E-state index is 0.0473. The molecule has 1 amide bonds. The lowest BCUT2D eigenvalue weighted by molar-refractivity contribution is -0.162. The van der Waals surface area contributed by atoms with Crippen molar-refractivity contribution in [2.24, 2.45) is 39.6 Å². The number of fused-ring (bicyclic) bond motifs is 13. The van der Waals surface area contributed by atoms with Crippen LogP contribution in [-0.2, 0) is 30.3 Å². The van der Waals surface area contributed by atoms with Crippen molar-refractivity contribution in [3.05, 3.63) is 93.9 Å². The molecule has 1 unspecified atom stereocenters. The molecule has 0 radical (unpaired) electrons. The minimum Gasteiger partial charge on any atom is -0.507 e. The number of amides is 1. The minimum atomic E-state index is -1.98. The molecule has 0 aliphatic carbocycles. The number of esters is 1. The molecule has 1 spiro atoms. The van der Waals surface area contributed by atoms with Crippen molar-refractivity contribution in [3.8, 4) is 17.2 Å². The number of aromatic hydroxyl groups is 2. The predicted octanol–water partition coefficient (Wildman–Crippen LogP) is 5.52. The van der Waals surface area contributed by atoms with E-state index >= 15 is 0 Å². The zero-order valence-corrected chi connectivity index (χ0v) is 41.4. The Balaban J connectivity index is 1.32. The Kier molecular flexibility index (Phi) is 15.4. The number of carbonyl (C=O) groups is 3. The molecule has 0 saturated carbocycles. The third kappa shape index (κ3) is 10.3. The maximum absolute atomic E-state index is 14.9. The number of phenols is 2. The van der Waals surface area contributed by atoms with E-state index in [4.69, 9.17) is 23.9 Å². The zero-order chi connectivity index (χ0) is 50.1. The molecular weight excluding hydrogens is 883 g/mol. The lowest BCUT2D eigenvalue weighted by atomic mass is 9.78. The second kappa shape index (κ2) is 20.7. The third-order valence-corrected chi connectivity index (χ3v) is 14.3. The number of allylic oxidation sites excluding steroid dienone is 2. The van der Waals surface area contributed by atoms with Crippen molar-refractivity contribution in [1.29, 1.82) is 0 Å². The smallest absolute Gasteiger partial charge is 0.320 e. The summed E-state index contributed by atoms with van der Waals surface area (Å²) in [6.07, 6.45) is 4.90. The number of phenolic OH excluding ortho intramolecular Hbond substituents is 2. The third-order valence-electron chi connectivity index (χ3n) is 14.3. The molecule has 16 heteroatoms. The van der Waals surface area contributed by atoms with Crippen molar-refractivity contribution in [3.63, 3.8) is 0 Å². The number of ketones is 1. The topological polar surface area (TPSA) is 221 Å². The summed E-state index contributed by atoms with van der Waals surface area (Å²) in [7, 11) is 1.48. The Morgan fingerprint density at radius 2 is 1.65 bits per heavy atom. The molecule has 6 N–H and O–H groups in total. The van der Waals surface area contributed by atoms with Crippen LogP contribution in [-0.4, -0.2) is 112 Å². The SMILES string of the molecule is CO[C@H]1/C=C/O[C@@]2(C)Oc3c(C)c(O)c4c(O)c(c5c(c4c3C2=O)NC2(CCN(CC(C)C)CC2)N=5)=NC(=O)/C(C)=C\C=C\[C@H](C)[C@H](O)[C@@H](C)[C@@H](O)[C@@H](C)C(OC(=O)CNCc2ccccc2)[C@@H]1C. The number of Topliss-reactive ketones (excluding diaryl/α,β-unsaturated/α-hetero) is 1. The highest BCUT2D eigenvalue weighted by Gasteiger charge is 2.51. The lowest BCUT2D eigenvalue weighted by Gasteiger charge is -2.38. The van der Waals surface area contributed by atoms with Crippen LogP contribution in [0, 0.1) is 36.5 Å². The first-order valence-corrected chi connectivity index (χ1v) is 24.0. The zero-order valence-electron chi connectivity index (χ0n) is 41.4. The Hall–Kier alpha value is -5.65. The molecule has 8 rings (SSSR count). The fourth-order valence-corrected chi connectivity index (χ4v) is 10.1. The normalized spacial score (nSPS) is 30.2. The quantitative estimate of drug-likeness (QED) is 0.121. The number of aliphatic hydroxyl groups excluding tert-OH is 2. The molecule has 5 aliphatic rings. The van der Waals surface area contributed by atoms with Gasteiger partial charge in [-0.05, 0) is 31.4 Å².